The van der Waals surface area contributed by atoms with Gasteiger partial charge in [0.1, 0.15) is 11.3 Å². The van der Waals surface area contributed by atoms with Gasteiger partial charge in [0.15, 0.2) is 17.5 Å². The minimum absolute atomic E-state index is 0.320. The molecule has 1 aromatic carbocycles. The Morgan fingerprint density at radius 2 is 1.74 bits per heavy atom. The number of carbonyl (C=O) groups is 2. The van der Waals surface area contributed by atoms with E-state index in [4.69, 9.17) is 0 Å². The van der Waals surface area contributed by atoms with Gasteiger partial charge in [0.2, 0.25) is 0 Å². The van der Waals surface area contributed by atoms with Crippen LogP contribution in [0.5, 0.6) is 5.75 Å². The standard InChI is InChI=1S/C17H14F3NO6/c1-26-12(22)5-8(7-3-10(18)14(20)11(19)4-7)13-15(23)9(17(25)27-2)6-21-16(13)24/h3-4,6,8H,5H2,1-2H3,(H2,21,23,24)/t8-/m0/s1. The number of ether oxygens (including phenoxy) is 2. The van der Waals surface area contributed by atoms with Crippen molar-refractivity contribution >= 4 is 11.9 Å². The van der Waals surface area contributed by atoms with E-state index in [1.54, 1.807) is 0 Å². The van der Waals surface area contributed by atoms with Crippen LogP contribution in [0.2, 0.25) is 0 Å². The number of carbonyl (C=O) groups excluding carboxylic acids is 2. The van der Waals surface area contributed by atoms with E-state index in [-0.39, 0.29) is 5.56 Å². The van der Waals surface area contributed by atoms with Gasteiger partial charge in [0.05, 0.1) is 26.2 Å². The Morgan fingerprint density at radius 1 is 1.15 bits per heavy atom. The predicted molar refractivity (Wildman–Crippen MR) is 84.9 cm³/mol. The van der Waals surface area contributed by atoms with Gasteiger partial charge < -0.3 is 19.6 Å². The van der Waals surface area contributed by atoms with E-state index in [9.17, 15) is 32.7 Å². The van der Waals surface area contributed by atoms with Crippen LogP contribution in [0, 0.1) is 17.5 Å². The molecule has 0 aliphatic heterocycles. The molecule has 2 aromatic rings. The molecular formula is C17H14F3NO6. The lowest BCUT2D eigenvalue weighted by Crippen LogP contribution is -2.22. The minimum atomic E-state index is -1.74. The summed E-state index contributed by atoms with van der Waals surface area (Å²) in [6, 6.07) is 1.16. The number of aromatic amines is 1. The number of rotatable bonds is 5. The summed E-state index contributed by atoms with van der Waals surface area (Å²) in [5.41, 5.74) is -2.22. The number of benzene rings is 1. The van der Waals surface area contributed by atoms with Gasteiger partial charge in [-0.2, -0.15) is 0 Å². The highest BCUT2D eigenvalue weighted by atomic mass is 19.2. The van der Waals surface area contributed by atoms with Crippen LogP contribution >= 0.6 is 0 Å². The molecule has 27 heavy (non-hydrogen) atoms. The molecule has 0 spiro atoms. The smallest absolute Gasteiger partial charge is 0.343 e. The maximum atomic E-state index is 13.6. The van der Waals surface area contributed by atoms with E-state index in [1.807, 2.05) is 0 Å². The normalized spacial score (nSPS) is 11.7. The monoisotopic (exact) mass is 385 g/mol. The highest BCUT2D eigenvalue weighted by Crippen LogP contribution is 2.34. The largest absolute Gasteiger partial charge is 0.506 e. The van der Waals surface area contributed by atoms with Gasteiger partial charge in [-0.15, -0.1) is 0 Å². The van der Waals surface area contributed by atoms with Crippen LogP contribution in [-0.4, -0.2) is 36.2 Å². The van der Waals surface area contributed by atoms with E-state index in [2.05, 4.69) is 14.5 Å². The molecule has 1 atom stereocenters. The molecular weight excluding hydrogens is 371 g/mol. The minimum Gasteiger partial charge on any atom is -0.506 e. The second kappa shape index (κ2) is 7.94. The molecule has 0 bridgehead atoms. The Hall–Kier alpha value is -3.30. The van der Waals surface area contributed by atoms with Gasteiger partial charge in [-0.3, -0.25) is 9.59 Å². The molecule has 0 fully saturated rings. The van der Waals surface area contributed by atoms with Gasteiger partial charge in [0, 0.05) is 12.1 Å². The second-order valence-electron chi connectivity index (χ2n) is 5.42. The molecule has 2 rings (SSSR count). The molecule has 0 aliphatic rings. The number of H-pyrrole nitrogens is 1. The first-order chi connectivity index (χ1) is 12.7. The molecule has 7 nitrogen and oxygen atoms in total. The van der Waals surface area contributed by atoms with Crippen LogP contribution in [-0.2, 0) is 14.3 Å². The molecule has 0 amide bonds. The lowest BCUT2D eigenvalue weighted by molar-refractivity contribution is -0.140. The zero-order chi connectivity index (χ0) is 20.3. The van der Waals surface area contributed by atoms with Crippen LogP contribution in [0.4, 0.5) is 13.2 Å². The summed E-state index contributed by atoms with van der Waals surface area (Å²) in [5, 5.41) is 10.3. The lowest BCUT2D eigenvalue weighted by atomic mass is 9.87. The van der Waals surface area contributed by atoms with Crippen LogP contribution in [0.3, 0.4) is 0 Å². The molecule has 0 saturated carbocycles. The molecule has 144 valence electrons. The maximum Gasteiger partial charge on any atom is 0.343 e. The predicted octanol–water partition coefficient (Wildman–Crippen LogP) is 1.98. The molecule has 0 saturated heterocycles. The highest BCUT2D eigenvalue weighted by molar-refractivity contribution is 5.92. The van der Waals surface area contributed by atoms with Crippen LogP contribution in [0.15, 0.2) is 23.1 Å². The van der Waals surface area contributed by atoms with Gasteiger partial charge in [-0.05, 0) is 17.7 Å². The summed E-state index contributed by atoms with van der Waals surface area (Å²) in [7, 11) is 2.07. The van der Waals surface area contributed by atoms with Gasteiger partial charge >= 0.3 is 11.9 Å². The number of aromatic nitrogens is 1. The Bertz CT molecular complexity index is 933. The van der Waals surface area contributed by atoms with Crippen LogP contribution < -0.4 is 5.56 Å². The van der Waals surface area contributed by atoms with E-state index >= 15 is 0 Å². The number of esters is 2. The van der Waals surface area contributed by atoms with Gasteiger partial charge in [-0.1, -0.05) is 0 Å². The average Bonchev–Trinajstić information content (AvgIpc) is 2.64. The van der Waals surface area contributed by atoms with Crippen molar-refractivity contribution in [2.24, 2.45) is 0 Å². The van der Waals surface area contributed by atoms with Gasteiger partial charge in [-0.25, -0.2) is 18.0 Å². The summed E-state index contributed by atoms with van der Waals surface area (Å²) >= 11 is 0. The fraction of sp³-hybridized carbons (Fsp3) is 0.235. The maximum absolute atomic E-state index is 13.6. The van der Waals surface area contributed by atoms with Crippen molar-refractivity contribution in [3.8, 4) is 5.75 Å². The third-order valence-electron chi connectivity index (χ3n) is 3.86. The third kappa shape index (κ3) is 3.94. The SMILES string of the molecule is COC(=O)C[C@@H](c1cc(F)c(F)c(F)c1)c1c(O)c(C(=O)OC)c[nH]c1=O. The lowest BCUT2D eigenvalue weighted by Gasteiger charge is -2.18. The second-order valence-corrected chi connectivity index (χ2v) is 5.42. The number of hydrogen-bond acceptors (Lipinski definition) is 6. The first-order valence-corrected chi connectivity index (χ1v) is 7.45. The van der Waals surface area contributed by atoms with Crippen molar-refractivity contribution in [3.05, 3.63) is 62.8 Å². The van der Waals surface area contributed by atoms with Crippen LogP contribution in [0.1, 0.15) is 33.8 Å². The molecule has 2 N–H and O–H groups in total. The first-order valence-electron chi connectivity index (χ1n) is 7.45. The summed E-state index contributed by atoms with van der Waals surface area (Å²) in [5.74, 6) is -9.01. The van der Waals surface area contributed by atoms with Gasteiger partial charge in [0.25, 0.3) is 5.56 Å². The molecule has 0 aliphatic carbocycles. The quantitative estimate of drug-likeness (QED) is 0.602. The topological polar surface area (TPSA) is 106 Å². The summed E-state index contributed by atoms with van der Waals surface area (Å²) in [6.07, 6.45) is 0.260. The summed E-state index contributed by atoms with van der Waals surface area (Å²) < 4.78 is 49.5. The number of pyridine rings is 1. The van der Waals surface area contributed by atoms with Crippen molar-refractivity contribution in [3.63, 3.8) is 0 Å². The van der Waals surface area contributed by atoms with E-state index in [0.717, 1.165) is 20.4 Å². The highest BCUT2D eigenvalue weighted by Gasteiger charge is 2.29. The van der Waals surface area contributed by atoms with Crippen molar-refractivity contribution in [2.75, 3.05) is 14.2 Å². The number of aromatic hydroxyl groups is 1. The Balaban J connectivity index is 2.74. The molecule has 0 radical (unpaired) electrons. The summed E-state index contributed by atoms with van der Waals surface area (Å²) in [4.78, 5) is 37.9. The first kappa shape index (κ1) is 20.0. The molecule has 10 heteroatoms. The van der Waals surface area contributed by atoms with Crippen molar-refractivity contribution in [2.45, 2.75) is 12.3 Å². The van der Waals surface area contributed by atoms with Crippen molar-refractivity contribution in [1.82, 2.24) is 4.98 Å². The number of nitrogens with one attached hydrogen (secondary N) is 1. The molecule has 0 unspecified atom stereocenters. The number of methoxy groups -OCH3 is 2. The molecule has 1 heterocycles. The fourth-order valence-electron chi connectivity index (χ4n) is 2.54. The Kier molecular flexibility index (Phi) is 5.88. The number of halogens is 3. The zero-order valence-corrected chi connectivity index (χ0v) is 14.1. The Morgan fingerprint density at radius 3 is 2.26 bits per heavy atom. The van der Waals surface area contributed by atoms with Crippen molar-refractivity contribution in [1.29, 1.82) is 0 Å². The fourth-order valence-corrected chi connectivity index (χ4v) is 2.54. The van der Waals surface area contributed by atoms with Crippen LogP contribution in [0.25, 0.3) is 0 Å². The molecule has 1 aromatic heterocycles. The third-order valence-corrected chi connectivity index (χ3v) is 3.86. The Labute approximate surface area is 150 Å². The number of hydrogen-bond donors (Lipinski definition) is 2. The van der Waals surface area contributed by atoms with E-state index in [1.165, 1.54) is 0 Å². The average molecular weight is 385 g/mol. The van der Waals surface area contributed by atoms with E-state index < -0.39 is 64.2 Å². The zero-order valence-electron chi connectivity index (χ0n) is 14.1. The van der Waals surface area contributed by atoms with Crippen molar-refractivity contribution < 1.29 is 37.3 Å². The van der Waals surface area contributed by atoms with E-state index in [0.29, 0.717) is 12.1 Å². The summed E-state index contributed by atoms with van der Waals surface area (Å²) in [6.45, 7) is 0.